The molecule has 1 heterocycles. The molecule has 1 aliphatic rings. The largest absolute Gasteiger partial charge is 0.490 e. The predicted molar refractivity (Wildman–Crippen MR) is 103 cm³/mol. The molecule has 0 radical (unpaired) electrons. The Kier molecular flexibility index (Phi) is 10.5. The van der Waals surface area contributed by atoms with E-state index in [-0.39, 0.29) is 18.3 Å². The van der Waals surface area contributed by atoms with Crippen LogP contribution in [0.1, 0.15) is 37.0 Å². The van der Waals surface area contributed by atoms with Gasteiger partial charge in [0, 0.05) is 19.7 Å². The van der Waals surface area contributed by atoms with Crippen LogP contribution in [-0.2, 0) is 4.74 Å². The van der Waals surface area contributed by atoms with E-state index in [0.29, 0.717) is 37.1 Å². The van der Waals surface area contributed by atoms with Gasteiger partial charge in [0.25, 0.3) is 5.91 Å². The topological polar surface area (TPSA) is 50.8 Å². The quantitative estimate of drug-likeness (QED) is 0.679. The number of ether oxygens (including phenoxy) is 2. The monoisotopic (exact) mass is 370 g/mol. The zero-order valence-electron chi connectivity index (χ0n) is 15.3. The number of halogens is 1. The van der Waals surface area contributed by atoms with Gasteiger partial charge in [0.2, 0.25) is 0 Å². The van der Waals surface area contributed by atoms with Crippen LogP contribution in [0.3, 0.4) is 0 Å². The molecule has 5 nitrogen and oxygen atoms in total. The second-order valence-corrected chi connectivity index (χ2v) is 6.08. The summed E-state index contributed by atoms with van der Waals surface area (Å²) >= 11 is 0. The van der Waals surface area contributed by atoms with Gasteiger partial charge in [0.15, 0.2) is 0 Å². The maximum absolute atomic E-state index is 12.8. The van der Waals surface area contributed by atoms with E-state index < -0.39 is 0 Å². The molecule has 0 aromatic heterocycles. The Hall–Kier alpha value is -1.30. The van der Waals surface area contributed by atoms with Gasteiger partial charge in [-0.25, -0.2) is 0 Å². The van der Waals surface area contributed by atoms with Crippen molar-refractivity contribution in [3.8, 4) is 5.75 Å². The Balaban J connectivity index is 0.00000312. The van der Waals surface area contributed by atoms with E-state index in [1.54, 1.807) is 0 Å². The summed E-state index contributed by atoms with van der Waals surface area (Å²) in [7, 11) is 0. The first kappa shape index (κ1) is 21.7. The number of para-hydroxylation sites is 1. The SMILES string of the molecule is CCNCC1CCN(C(=O)c2ccccc2OCCOCC)CC1.Cl. The summed E-state index contributed by atoms with van der Waals surface area (Å²) in [5.74, 6) is 1.40. The number of likely N-dealkylation sites (tertiary alicyclic amines) is 1. The zero-order valence-corrected chi connectivity index (χ0v) is 16.1. The molecule has 142 valence electrons. The number of nitrogens with one attached hydrogen (secondary N) is 1. The van der Waals surface area contributed by atoms with Crippen LogP contribution in [0.2, 0.25) is 0 Å². The fourth-order valence-electron chi connectivity index (χ4n) is 2.98. The second kappa shape index (κ2) is 12.1. The van der Waals surface area contributed by atoms with Gasteiger partial charge in [-0.2, -0.15) is 0 Å². The third-order valence-electron chi connectivity index (χ3n) is 4.39. The summed E-state index contributed by atoms with van der Waals surface area (Å²) in [4.78, 5) is 14.8. The molecular formula is C19H31ClN2O3. The van der Waals surface area contributed by atoms with Crippen molar-refractivity contribution in [2.75, 3.05) is 46.0 Å². The highest BCUT2D eigenvalue weighted by atomic mass is 35.5. The highest BCUT2D eigenvalue weighted by Gasteiger charge is 2.25. The molecule has 0 aliphatic carbocycles. The van der Waals surface area contributed by atoms with Crippen LogP contribution in [0.25, 0.3) is 0 Å². The van der Waals surface area contributed by atoms with Crippen LogP contribution in [0.4, 0.5) is 0 Å². The molecule has 1 N–H and O–H groups in total. The van der Waals surface area contributed by atoms with Crippen LogP contribution in [0, 0.1) is 5.92 Å². The van der Waals surface area contributed by atoms with Gasteiger partial charge in [-0.3, -0.25) is 4.79 Å². The van der Waals surface area contributed by atoms with E-state index in [9.17, 15) is 4.79 Å². The zero-order chi connectivity index (χ0) is 17.2. The number of carbonyl (C=O) groups excluding carboxylic acids is 1. The summed E-state index contributed by atoms with van der Waals surface area (Å²) in [5.41, 5.74) is 0.652. The molecule has 2 rings (SSSR count). The standard InChI is InChI=1S/C19H30N2O3.ClH/c1-3-20-15-16-9-11-21(12-10-16)19(22)17-7-5-6-8-18(17)24-14-13-23-4-2;/h5-8,16,20H,3-4,9-15H2,1-2H3;1H. The Morgan fingerprint density at radius 3 is 2.60 bits per heavy atom. The minimum Gasteiger partial charge on any atom is -0.490 e. The lowest BCUT2D eigenvalue weighted by Gasteiger charge is -2.32. The Morgan fingerprint density at radius 2 is 1.92 bits per heavy atom. The normalized spacial score (nSPS) is 14.9. The molecule has 1 aromatic rings. The molecule has 1 aromatic carbocycles. The van der Waals surface area contributed by atoms with Gasteiger partial charge in [-0.05, 0) is 50.9 Å². The summed E-state index contributed by atoms with van der Waals surface area (Å²) in [6, 6.07) is 7.50. The third-order valence-corrected chi connectivity index (χ3v) is 4.39. The summed E-state index contributed by atoms with van der Waals surface area (Å²) in [6.07, 6.45) is 2.12. The van der Waals surface area contributed by atoms with Crippen molar-refractivity contribution < 1.29 is 14.3 Å². The van der Waals surface area contributed by atoms with Gasteiger partial charge >= 0.3 is 0 Å². The lowest BCUT2D eigenvalue weighted by Crippen LogP contribution is -2.40. The Labute approximate surface area is 157 Å². The van der Waals surface area contributed by atoms with E-state index >= 15 is 0 Å². The Morgan fingerprint density at radius 1 is 1.20 bits per heavy atom. The number of piperidine rings is 1. The molecule has 6 heteroatoms. The maximum Gasteiger partial charge on any atom is 0.257 e. The predicted octanol–water partition coefficient (Wildman–Crippen LogP) is 2.99. The van der Waals surface area contributed by atoms with Gasteiger partial charge < -0.3 is 19.7 Å². The van der Waals surface area contributed by atoms with Crippen molar-refractivity contribution >= 4 is 18.3 Å². The van der Waals surface area contributed by atoms with Crippen LogP contribution < -0.4 is 10.1 Å². The lowest BCUT2D eigenvalue weighted by atomic mass is 9.96. The van der Waals surface area contributed by atoms with Crippen molar-refractivity contribution in [3.05, 3.63) is 29.8 Å². The number of nitrogens with zero attached hydrogens (tertiary/aromatic N) is 1. The van der Waals surface area contributed by atoms with Crippen molar-refractivity contribution in [1.82, 2.24) is 10.2 Å². The summed E-state index contributed by atoms with van der Waals surface area (Å²) in [5, 5.41) is 3.40. The van der Waals surface area contributed by atoms with Crippen molar-refractivity contribution in [1.29, 1.82) is 0 Å². The number of rotatable bonds is 9. The second-order valence-electron chi connectivity index (χ2n) is 6.08. The van der Waals surface area contributed by atoms with E-state index in [4.69, 9.17) is 9.47 Å². The average Bonchev–Trinajstić information content (AvgIpc) is 2.64. The minimum absolute atomic E-state index is 0. The van der Waals surface area contributed by atoms with E-state index in [0.717, 1.165) is 39.0 Å². The Bertz CT molecular complexity index is 505. The molecule has 0 spiro atoms. The fourth-order valence-corrected chi connectivity index (χ4v) is 2.98. The smallest absolute Gasteiger partial charge is 0.257 e. The first-order valence-corrected chi connectivity index (χ1v) is 9.05. The van der Waals surface area contributed by atoms with Crippen molar-refractivity contribution in [2.24, 2.45) is 5.92 Å². The van der Waals surface area contributed by atoms with Crippen LogP contribution in [-0.4, -0.2) is 56.8 Å². The fraction of sp³-hybridized carbons (Fsp3) is 0.632. The van der Waals surface area contributed by atoms with Gasteiger partial charge in [0.1, 0.15) is 12.4 Å². The highest BCUT2D eigenvalue weighted by Crippen LogP contribution is 2.23. The molecule has 0 unspecified atom stereocenters. The number of amides is 1. The van der Waals surface area contributed by atoms with Crippen LogP contribution >= 0.6 is 12.4 Å². The number of benzene rings is 1. The van der Waals surface area contributed by atoms with Gasteiger partial charge in [0.05, 0.1) is 12.2 Å². The molecule has 1 fully saturated rings. The first-order valence-electron chi connectivity index (χ1n) is 9.05. The third kappa shape index (κ3) is 6.84. The molecule has 1 saturated heterocycles. The average molecular weight is 371 g/mol. The van der Waals surface area contributed by atoms with E-state index in [1.165, 1.54) is 0 Å². The van der Waals surface area contributed by atoms with E-state index in [1.807, 2.05) is 36.1 Å². The number of hydrogen-bond acceptors (Lipinski definition) is 4. The van der Waals surface area contributed by atoms with Crippen LogP contribution in [0.5, 0.6) is 5.75 Å². The molecular weight excluding hydrogens is 340 g/mol. The maximum atomic E-state index is 12.8. The first-order chi connectivity index (χ1) is 11.8. The van der Waals surface area contributed by atoms with Crippen LogP contribution in [0.15, 0.2) is 24.3 Å². The molecule has 25 heavy (non-hydrogen) atoms. The molecule has 0 saturated carbocycles. The molecule has 1 aliphatic heterocycles. The molecule has 1 amide bonds. The van der Waals surface area contributed by atoms with Gasteiger partial charge in [-0.1, -0.05) is 19.1 Å². The minimum atomic E-state index is 0. The molecule has 0 bridgehead atoms. The summed E-state index contributed by atoms with van der Waals surface area (Å²) < 4.78 is 11.0. The van der Waals surface area contributed by atoms with Crippen molar-refractivity contribution in [2.45, 2.75) is 26.7 Å². The lowest BCUT2D eigenvalue weighted by molar-refractivity contribution is 0.0681. The van der Waals surface area contributed by atoms with Crippen molar-refractivity contribution in [3.63, 3.8) is 0 Å². The van der Waals surface area contributed by atoms with E-state index in [2.05, 4.69) is 12.2 Å². The summed E-state index contributed by atoms with van der Waals surface area (Å²) in [6.45, 7) is 9.45. The van der Waals surface area contributed by atoms with Gasteiger partial charge in [-0.15, -0.1) is 12.4 Å². The number of hydrogen-bond donors (Lipinski definition) is 1. The number of carbonyl (C=O) groups is 1. The highest BCUT2D eigenvalue weighted by molar-refractivity contribution is 5.97. The molecule has 0 atom stereocenters.